The first-order chi connectivity index (χ1) is 15.4. The Bertz CT molecular complexity index is 993. The van der Waals surface area contributed by atoms with Gasteiger partial charge in [-0.05, 0) is 49.1 Å². The molecule has 1 aliphatic heterocycles. The molecule has 2 aromatic rings. The van der Waals surface area contributed by atoms with Crippen LogP contribution in [0.5, 0.6) is 17.2 Å². The smallest absolute Gasteiger partial charge is 0.240 e. The van der Waals surface area contributed by atoms with Crippen LogP contribution in [0, 0.1) is 0 Å². The van der Waals surface area contributed by atoms with Gasteiger partial charge in [0.25, 0.3) is 0 Å². The van der Waals surface area contributed by atoms with Gasteiger partial charge in [0.1, 0.15) is 0 Å². The molecule has 1 saturated heterocycles. The van der Waals surface area contributed by atoms with E-state index in [9.17, 15) is 13.2 Å². The van der Waals surface area contributed by atoms with Crippen LogP contribution < -0.4 is 18.9 Å². The van der Waals surface area contributed by atoms with Crippen LogP contribution in [0.2, 0.25) is 0 Å². The highest BCUT2D eigenvalue weighted by Crippen LogP contribution is 2.38. The standard InChI is InChI=1S/C23H30N2O6S/c1-29-20-15-17(16-21(30-2)23(20)31-3)9-10-22(26)25-13-11-18(12-14-25)24-32(27,28)19-7-5-4-6-8-19/h4-8,15-16,18,24H,9-14H2,1-3H3. The van der Waals surface area contributed by atoms with Crippen molar-refractivity contribution in [3.63, 3.8) is 0 Å². The average Bonchev–Trinajstić information content (AvgIpc) is 2.82. The monoisotopic (exact) mass is 462 g/mol. The number of likely N-dealkylation sites (tertiary alicyclic amines) is 1. The van der Waals surface area contributed by atoms with Gasteiger partial charge in [0.15, 0.2) is 11.5 Å². The zero-order valence-electron chi connectivity index (χ0n) is 18.7. The molecule has 32 heavy (non-hydrogen) atoms. The van der Waals surface area contributed by atoms with Gasteiger partial charge in [0.05, 0.1) is 26.2 Å². The molecule has 3 rings (SSSR count). The molecular weight excluding hydrogens is 432 g/mol. The Morgan fingerprint density at radius 2 is 1.59 bits per heavy atom. The van der Waals surface area contributed by atoms with Gasteiger partial charge in [0.2, 0.25) is 21.7 Å². The first-order valence-corrected chi connectivity index (χ1v) is 12.0. The van der Waals surface area contributed by atoms with E-state index in [0.29, 0.717) is 56.0 Å². The van der Waals surface area contributed by atoms with Gasteiger partial charge >= 0.3 is 0 Å². The van der Waals surface area contributed by atoms with Crippen LogP contribution in [-0.2, 0) is 21.2 Å². The number of amides is 1. The lowest BCUT2D eigenvalue weighted by molar-refractivity contribution is -0.132. The van der Waals surface area contributed by atoms with Crippen molar-refractivity contribution in [3.05, 3.63) is 48.0 Å². The van der Waals surface area contributed by atoms with E-state index in [0.717, 1.165) is 5.56 Å². The molecule has 1 amide bonds. The third kappa shape index (κ3) is 5.72. The average molecular weight is 463 g/mol. The summed E-state index contributed by atoms with van der Waals surface area (Å²) in [6.07, 6.45) is 2.05. The molecule has 1 N–H and O–H groups in total. The second kappa shape index (κ2) is 10.7. The number of benzene rings is 2. The number of nitrogens with one attached hydrogen (secondary N) is 1. The van der Waals surface area contributed by atoms with E-state index in [2.05, 4.69) is 4.72 Å². The maximum Gasteiger partial charge on any atom is 0.240 e. The normalized spacial score (nSPS) is 14.8. The van der Waals surface area contributed by atoms with Crippen molar-refractivity contribution in [1.82, 2.24) is 9.62 Å². The number of hydrogen-bond donors (Lipinski definition) is 1. The number of aryl methyl sites for hydroxylation is 1. The number of hydrogen-bond acceptors (Lipinski definition) is 6. The summed E-state index contributed by atoms with van der Waals surface area (Å²) in [6, 6.07) is 11.8. The minimum Gasteiger partial charge on any atom is -0.493 e. The van der Waals surface area contributed by atoms with Gasteiger partial charge in [-0.2, -0.15) is 0 Å². The third-order valence-corrected chi connectivity index (χ3v) is 7.11. The molecule has 9 heteroatoms. The lowest BCUT2D eigenvalue weighted by Crippen LogP contribution is -2.46. The Morgan fingerprint density at radius 1 is 1.00 bits per heavy atom. The van der Waals surface area contributed by atoms with Crippen molar-refractivity contribution in [2.75, 3.05) is 34.4 Å². The highest BCUT2D eigenvalue weighted by Gasteiger charge is 2.26. The number of piperidine rings is 1. The zero-order valence-corrected chi connectivity index (χ0v) is 19.5. The molecule has 1 heterocycles. The fourth-order valence-electron chi connectivity index (χ4n) is 3.82. The van der Waals surface area contributed by atoms with Gasteiger partial charge in [-0.3, -0.25) is 4.79 Å². The van der Waals surface area contributed by atoms with Crippen LogP contribution in [0.15, 0.2) is 47.4 Å². The number of carbonyl (C=O) groups is 1. The maximum atomic E-state index is 12.7. The van der Waals surface area contributed by atoms with Crippen LogP contribution in [0.4, 0.5) is 0 Å². The highest BCUT2D eigenvalue weighted by atomic mass is 32.2. The molecule has 0 aromatic heterocycles. The van der Waals surface area contributed by atoms with E-state index in [1.807, 2.05) is 12.1 Å². The minimum absolute atomic E-state index is 0.0446. The van der Waals surface area contributed by atoms with Crippen molar-refractivity contribution >= 4 is 15.9 Å². The van der Waals surface area contributed by atoms with Gasteiger partial charge in [-0.15, -0.1) is 0 Å². The molecule has 8 nitrogen and oxygen atoms in total. The predicted molar refractivity (Wildman–Crippen MR) is 121 cm³/mol. The summed E-state index contributed by atoms with van der Waals surface area (Å²) in [4.78, 5) is 14.8. The van der Waals surface area contributed by atoms with Crippen molar-refractivity contribution in [2.24, 2.45) is 0 Å². The largest absolute Gasteiger partial charge is 0.493 e. The topological polar surface area (TPSA) is 94.2 Å². The third-order valence-electron chi connectivity index (χ3n) is 5.58. The van der Waals surface area contributed by atoms with Crippen LogP contribution in [0.1, 0.15) is 24.8 Å². The molecule has 0 saturated carbocycles. The van der Waals surface area contributed by atoms with E-state index in [-0.39, 0.29) is 16.8 Å². The van der Waals surface area contributed by atoms with Gasteiger partial charge in [-0.1, -0.05) is 18.2 Å². The van der Waals surface area contributed by atoms with Crippen molar-refractivity contribution in [1.29, 1.82) is 0 Å². The lowest BCUT2D eigenvalue weighted by Gasteiger charge is -2.32. The number of methoxy groups -OCH3 is 3. The number of sulfonamides is 1. The first kappa shape index (κ1) is 23.9. The predicted octanol–water partition coefficient (Wildman–Crippen LogP) is 2.61. The Morgan fingerprint density at radius 3 is 2.12 bits per heavy atom. The SMILES string of the molecule is COc1cc(CCC(=O)N2CCC(NS(=O)(=O)c3ccccc3)CC2)cc(OC)c1OC. The Hall–Kier alpha value is -2.78. The molecule has 0 unspecified atom stereocenters. The maximum absolute atomic E-state index is 12.7. The van der Waals surface area contributed by atoms with Gasteiger partial charge in [0, 0.05) is 25.6 Å². The van der Waals surface area contributed by atoms with Gasteiger partial charge < -0.3 is 19.1 Å². The molecule has 0 bridgehead atoms. The van der Waals surface area contributed by atoms with E-state index < -0.39 is 10.0 Å². The summed E-state index contributed by atoms with van der Waals surface area (Å²) in [5.41, 5.74) is 0.915. The second-order valence-corrected chi connectivity index (χ2v) is 9.34. The Kier molecular flexibility index (Phi) is 7.98. The summed E-state index contributed by atoms with van der Waals surface area (Å²) in [6.45, 7) is 1.05. The summed E-state index contributed by atoms with van der Waals surface area (Å²) >= 11 is 0. The number of carbonyl (C=O) groups excluding carboxylic acids is 1. The van der Waals surface area contributed by atoms with Crippen LogP contribution in [-0.4, -0.2) is 59.7 Å². The zero-order chi connectivity index (χ0) is 23.1. The molecular formula is C23H30N2O6S. The van der Waals surface area contributed by atoms with E-state index >= 15 is 0 Å². The fourth-order valence-corrected chi connectivity index (χ4v) is 5.15. The molecule has 0 atom stereocenters. The summed E-state index contributed by atoms with van der Waals surface area (Å²) in [5.74, 6) is 1.68. The molecule has 1 aliphatic rings. The van der Waals surface area contributed by atoms with E-state index in [4.69, 9.17) is 14.2 Å². The second-order valence-electron chi connectivity index (χ2n) is 7.62. The molecule has 0 aliphatic carbocycles. The van der Waals surface area contributed by atoms with Crippen molar-refractivity contribution in [3.8, 4) is 17.2 Å². The minimum atomic E-state index is -3.55. The molecule has 174 valence electrons. The number of nitrogens with zero attached hydrogens (tertiary/aromatic N) is 1. The Labute approximate surface area is 189 Å². The molecule has 1 fully saturated rings. The van der Waals surface area contributed by atoms with Gasteiger partial charge in [-0.25, -0.2) is 13.1 Å². The highest BCUT2D eigenvalue weighted by molar-refractivity contribution is 7.89. The fraction of sp³-hybridized carbons (Fsp3) is 0.435. The number of rotatable bonds is 9. The molecule has 0 spiro atoms. The lowest BCUT2D eigenvalue weighted by atomic mass is 10.0. The summed E-state index contributed by atoms with van der Waals surface area (Å²) in [5, 5.41) is 0. The summed E-state index contributed by atoms with van der Waals surface area (Å²) < 4.78 is 43.8. The molecule has 2 aromatic carbocycles. The van der Waals surface area contributed by atoms with Crippen molar-refractivity contribution in [2.45, 2.75) is 36.6 Å². The van der Waals surface area contributed by atoms with E-state index in [1.54, 1.807) is 56.6 Å². The summed E-state index contributed by atoms with van der Waals surface area (Å²) in [7, 11) is 1.11. The van der Waals surface area contributed by atoms with Crippen LogP contribution in [0.3, 0.4) is 0 Å². The first-order valence-electron chi connectivity index (χ1n) is 10.5. The Balaban J connectivity index is 1.53. The quantitative estimate of drug-likeness (QED) is 0.616. The van der Waals surface area contributed by atoms with Crippen LogP contribution >= 0.6 is 0 Å². The van der Waals surface area contributed by atoms with Crippen LogP contribution in [0.25, 0.3) is 0 Å². The molecule has 0 radical (unpaired) electrons. The van der Waals surface area contributed by atoms with E-state index in [1.165, 1.54) is 0 Å². The van der Waals surface area contributed by atoms with Crippen molar-refractivity contribution < 1.29 is 27.4 Å². The number of ether oxygens (including phenoxy) is 3.